The summed E-state index contributed by atoms with van der Waals surface area (Å²) in [5.41, 5.74) is 4.96. The summed E-state index contributed by atoms with van der Waals surface area (Å²) < 4.78 is 0. The largest absolute Gasteiger partial charge is 0.368 e. The van der Waals surface area contributed by atoms with E-state index in [0.717, 1.165) is 12.3 Å². The van der Waals surface area contributed by atoms with Gasteiger partial charge in [-0.15, -0.1) is 0 Å². The minimum Gasteiger partial charge on any atom is -0.368 e. The molecular formula is C15H31N3O. The van der Waals surface area contributed by atoms with Crippen molar-refractivity contribution in [3.63, 3.8) is 0 Å². The topological polar surface area (TPSA) is 58.4 Å². The van der Waals surface area contributed by atoms with Crippen LogP contribution in [-0.4, -0.2) is 41.5 Å². The van der Waals surface area contributed by atoms with E-state index in [-0.39, 0.29) is 11.9 Å². The smallest absolute Gasteiger partial charge is 0.237 e. The van der Waals surface area contributed by atoms with E-state index in [0.29, 0.717) is 12.1 Å². The lowest BCUT2D eigenvalue weighted by Gasteiger charge is -2.38. The molecule has 1 aliphatic carbocycles. The lowest BCUT2D eigenvalue weighted by atomic mass is 9.90. The highest BCUT2D eigenvalue weighted by Gasteiger charge is 2.37. The van der Waals surface area contributed by atoms with Crippen LogP contribution in [0.15, 0.2) is 0 Å². The summed E-state index contributed by atoms with van der Waals surface area (Å²) in [4.78, 5) is 14.2. The van der Waals surface area contributed by atoms with Crippen LogP contribution in [-0.2, 0) is 4.79 Å². The molecule has 0 aliphatic heterocycles. The molecule has 0 bridgehead atoms. The van der Waals surface area contributed by atoms with Gasteiger partial charge in [0.1, 0.15) is 0 Å². The Hall–Kier alpha value is -0.610. The van der Waals surface area contributed by atoms with Crippen molar-refractivity contribution in [2.45, 2.75) is 77.5 Å². The number of nitrogens with one attached hydrogen (secondary N) is 1. The predicted molar refractivity (Wildman–Crippen MR) is 79.9 cm³/mol. The first-order chi connectivity index (χ1) is 8.67. The third-order valence-electron chi connectivity index (χ3n) is 4.50. The fourth-order valence-electron chi connectivity index (χ4n) is 2.92. The van der Waals surface area contributed by atoms with Gasteiger partial charge in [-0.25, -0.2) is 0 Å². The zero-order chi connectivity index (χ0) is 14.8. The highest BCUT2D eigenvalue weighted by molar-refractivity contribution is 5.84. The minimum absolute atomic E-state index is 0.246. The molecule has 1 aliphatic rings. The van der Waals surface area contributed by atoms with E-state index in [1.807, 2.05) is 20.8 Å². The van der Waals surface area contributed by atoms with E-state index in [9.17, 15) is 4.79 Å². The first-order valence-electron chi connectivity index (χ1n) is 7.47. The van der Waals surface area contributed by atoms with Gasteiger partial charge in [-0.05, 0) is 66.8 Å². The average molecular weight is 269 g/mol. The lowest BCUT2D eigenvalue weighted by Crippen LogP contribution is -2.58. The molecule has 0 aromatic carbocycles. The Morgan fingerprint density at radius 3 is 2.26 bits per heavy atom. The molecule has 0 spiro atoms. The Balaban J connectivity index is 2.64. The summed E-state index contributed by atoms with van der Waals surface area (Å²) in [5.74, 6) is 0.575. The molecule has 1 rings (SSSR count). The minimum atomic E-state index is -0.634. The standard InChI is InChI=1S/C15H31N3O/c1-10(2)17-15(5,14(16)19)9-11(3)18(6)12(4)13-7-8-13/h10-13,17H,7-9H2,1-6H3,(H2,16,19). The monoisotopic (exact) mass is 269 g/mol. The zero-order valence-corrected chi connectivity index (χ0v) is 13.4. The number of carbonyl (C=O) groups excluding carboxylic acids is 1. The molecule has 19 heavy (non-hydrogen) atoms. The van der Waals surface area contributed by atoms with Crippen LogP contribution in [0.1, 0.15) is 53.9 Å². The highest BCUT2D eigenvalue weighted by atomic mass is 16.1. The highest BCUT2D eigenvalue weighted by Crippen LogP contribution is 2.35. The van der Waals surface area contributed by atoms with E-state index in [1.165, 1.54) is 12.8 Å². The van der Waals surface area contributed by atoms with Crippen molar-refractivity contribution in [3.05, 3.63) is 0 Å². The first-order valence-corrected chi connectivity index (χ1v) is 7.47. The molecule has 112 valence electrons. The lowest BCUT2D eigenvalue weighted by molar-refractivity contribution is -0.125. The van der Waals surface area contributed by atoms with Gasteiger partial charge in [-0.1, -0.05) is 0 Å². The summed E-state index contributed by atoms with van der Waals surface area (Å²) >= 11 is 0. The van der Waals surface area contributed by atoms with Crippen LogP contribution in [0.5, 0.6) is 0 Å². The molecule has 0 aromatic heterocycles. The second-order valence-electron chi connectivity index (χ2n) is 6.79. The predicted octanol–water partition coefficient (Wildman–Crippen LogP) is 1.74. The maximum atomic E-state index is 11.8. The third-order valence-corrected chi connectivity index (χ3v) is 4.50. The van der Waals surface area contributed by atoms with Crippen molar-refractivity contribution < 1.29 is 4.79 Å². The van der Waals surface area contributed by atoms with E-state index in [1.54, 1.807) is 0 Å². The maximum absolute atomic E-state index is 11.8. The Labute approximate surface area is 118 Å². The van der Waals surface area contributed by atoms with Crippen molar-refractivity contribution in [2.24, 2.45) is 11.7 Å². The molecule has 4 heteroatoms. The van der Waals surface area contributed by atoms with Gasteiger partial charge >= 0.3 is 0 Å². The van der Waals surface area contributed by atoms with Gasteiger partial charge in [0.15, 0.2) is 0 Å². The summed E-state index contributed by atoms with van der Waals surface area (Å²) in [6.45, 7) is 10.5. The average Bonchev–Trinajstić information content (AvgIpc) is 3.09. The van der Waals surface area contributed by atoms with E-state index in [2.05, 4.69) is 31.1 Å². The van der Waals surface area contributed by atoms with Gasteiger partial charge in [0.05, 0.1) is 5.54 Å². The fraction of sp³-hybridized carbons (Fsp3) is 0.933. The normalized spacial score (nSPS) is 22.3. The van der Waals surface area contributed by atoms with Gasteiger partial charge in [-0.3, -0.25) is 4.79 Å². The number of hydrogen-bond donors (Lipinski definition) is 2. The summed E-state index contributed by atoms with van der Waals surface area (Å²) in [5, 5.41) is 3.32. The fourth-order valence-corrected chi connectivity index (χ4v) is 2.92. The van der Waals surface area contributed by atoms with Gasteiger partial charge < -0.3 is 16.0 Å². The van der Waals surface area contributed by atoms with Crippen molar-refractivity contribution in [2.75, 3.05) is 7.05 Å². The van der Waals surface area contributed by atoms with Gasteiger partial charge in [-0.2, -0.15) is 0 Å². The molecular weight excluding hydrogens is 238 g/mol. The van der Waals surface area contributed by atoms with Gasteiger partial charge in [0, 0.05) is 18.1 Å². The van der Waals surface area contributed by atoms with E-state index in [4.69, 9.17) is 5.73 Å². The molecule has 3 unspecified atom stereocenters. The van der Waals surface area contributed by atoms with Gasteiger partial charge in [0.25, 0.3) is 0 Å². The number of rotatable bonds is 8. The van der Waals surface area contributed by atoms with E-state index >= 15 is 0 Å². The van der Waals surface area contributed by atoms with Crippen LogP contribution < -0.4 is 11.1 Å². The molecule has 0 aromatic rings. The Morgan fingerprint density at radius 1 is 1.37 bits per heavy atom. The number of carbonyl (C=O) groups is 1. The third kappa shape index (κ3) is 4.46. The van der Waals surface area contributed by atoms with E-state index < -0.39 is 5.54 Å². The zero-order valence-electron chi connectivity index (χ0n) is 13.4. The maximum Gasteiger partial charge on any atom is 0.237 e. The molecule has 1 fully saturated rings. The van der Waals surface area contributed by atoms with Crippen LogP contribution in [0.25, 0.3) is 0 Å². The number of amides is 1. The SMILES string of the molecule is CC(C)NC(C)(CC(C)N(C)C(C)C1CC1)C(N)=O. The van der Waals surface area contributed by atoms with Crippen LogP contribution in [0.2, 0.25) is 0 Å². The molecule has 3 N–H and O–H groups in total. The second kappa shape index (κ2) is 6.23. The summed E-state index contributed by atoms with van der Waals surface area (Å²) in [6.07, 6.45) is 3.43. The number of primary amides is 1. The molecule has 1 saturated carbocycles. The molecule has 3 atom stereocenters. The molecule has 1 amide bonds. The van der Waals surface area contributed by atoms with Crippen molar-refractivity contribution in [1.29, 1.82) is 0 Å². The number of hydrogen-bond acceptors (Lipinski definition) is 3. The number of nitrogens with zero attached hydrogens (tertiary/aromatic N) is 1. The summed E-state index contributed by atoms with van der Waals surface area (Å²) in [7, 11) is 2.16. The molecule has 4 nitrogen and oxygen atoms in total. The molecule has 0 radical (unpaired) electrons. The van der Waals surface area contributed by atoms with Crippen LogP contribution >= 0.6 is 0 Å². The van der Waals surface area contributed by atoms with Crippen LogP contribution in [0.4, 0.5) is 0 Å². The van der Waals surface area contributed by atoms with Crippen LogP contribution in [0.3, 0.4) is 0 Å². The number of nitrogens with two attached hydrogens (primary N) is 1. The Bertz CT molecular complexity index is 315. The van der Waals surface area contributed by atoms with Crippen LogP contribution in [0, 0.1) is 5.92 Å². The quantitative estimate of drug-likeness (QED) is 0.705. The Morgan fingerprint density at radius 2 is 1.89 bits per heavy atom. The van der Waals surface area contributed by atoms with Gasteiger partial charge in [0.2, 0.25) is 5.91 Å². The van der Waals surface area contributed by atoms with Crippen molar-refractivity contribution >= 4 is 5.91 Å². The Kier molecular flexibility index (Phi) is 5.39. The van der Waals surface area contributed by atoms with Crippen molar-refractivity contribution in [3.8, 4) is 0 Å². The summed E-state index contributed by atoms with van der Waals surface area (Å²) in [6, 6.07) is 1.17. The molecule has 0 heterocycles. The molecule has 0 saturated heterocycles. The second-order valence-corrected chi connectivity index (χ2v) is 6.79. The van der Waals surface area contributed by atoms with Crippen molar-refractivity contribution in [1.82, 2.24) is 10.2 Å². The first kappa shape index (κ1) is 16.4.